The van der Waals surface area contributed by atoms with Crippen LogP contribution in [-0.4, -0.2) is 28.3 Å². The first kappa shape index (κ1) is 17.3. The zero-order valence-electron chi connectivity index (χ0n) is 12.5. The number of nitrogens with zero attached hydrogens (tertiary/aromatic N) is 1. The molecule has 2 N–H and O–H groups in total. The number of carbonyl (C=O) groups excluding carboxylic acids is 2. The highest BCUT2D eigenvalue weighted by Crippen LogP contribution is 2.12. The predicted molar refractivity (Wildman–Crippen MR) is 95.0 cm³/mol. The lowest BCUT2D eigenvalue weighted by atomic mass is 10.2. The molecule has 1 aromatic carbocycles. The molecule has 0 spiro atoms. The van der Waals surface area contributed by atoms with Gasteiger partial charge in [-0.05, 0) is 36.8 Å². The van der Waals surface area contributed by atoms with Crippen molar-refractivity contribution in [2.75, 3.05) is 22.1 Å². The Labute approximate surface area is 143 Å². The van der Waals surface area contributed by atoms with Gasteiger partial charge in [-0.1, -0.05) is 23.7 Å². The van der Waals surface area contributed by atoms with E-state index >= 15 is 0 Å². The van der Waals surface area contributed by atoms with Gasteiger partial charge < -0.3 is 10.6 Å². The number of aryl methyl sites for hydroxylation is 1. The molecule has 120 valence electrons. The number of hydrogen-bond donors (Lipinski definition) is 2. The summed E-state index contributed by atoms with van der Waals surface area (Å²) in [6, 6.07) is 10.8. The minimum Gasteiger partial charge on any atom is -0.325 e. The third kappa shape index (κ3) is 6.30. The van der Waals surface area contributed by atoms with Gasteiger partial charge in [-0.3, -0.25) is 9.59 Å². The van der Waals surface area contributed by atoms with Gasteiger partial charge in [0, 0.05) is 11.9 Å². The quantitative estimate of drug-likeness (QED) is 0.839. The molecule has 0 bridgehead atoms. The average Bonchev–Trinajstić information content (AvgIpc) is 2.49. The Morgan fingerprint density at radius 2 is 1.87 bits per heavy atom. The summed E-state index contributed by atoms with van der Waals surface area (Å²) in [5.74, 6) is 0.455. The molecule has 0 radical (unpaired) electrons. The third-order valence-electron chi connectivity index (χ3n) is 2.76. The number of carbonyl (C=O) groups is 2. The Morgan fingerprint density at radius 3 is 2.52 bits per heavy atom. The van der Waals surface area contributed by atoms with Crippen molar-refractivity contribution in [3.63, 3.8) is 0 Å². The molecule has 0 aliphatic carbocycles. The second-order valence-corrected chi connectivity index (χ2v) is 6.24. The summed E-state index contributed by atoms with van der Waals surface area (Å²) < 4.78 is 0. The van der Waals surface area contributed by atoms with Crippen molar-refractivity contribution in [3.8, 4) is 0 Å². The third-order valence-corrected chi connectivity index (χ3v) is 3.92. The first-order valence-corrected chi connectivity index (χ1v) is 8.42. The summed E-state index contributed by atoms with van der Waals surface area (Å²) in [5, 5.41) is 5.94. The Balaban J connectivity index is 1.70. The molecule has 1 heterocycles. The summed E-state index contributed by atoms with van der Waals surface area (Å²) in [5.41, 5.74) is 1.83. The average molecular weight is 350 g/mol. The number of benzene rings is 1. The molecule has 1 aromatic heterocycles. The zero-order chi connectivity index (χ0) is 16.7. The zero-order valence-corrected chi connectivity index (χ0v) is 14.1. The SMILES string of the molecule is Cc1cccc(NC(=O)CSCC(=O)Nc2ccc(Cl)cn2)c1. The summed E-state index contributed by atoms with van der Waals surface area (Å²) >= 11 is 6.96. The molecule has 5 nitrogen and oxygen atoms in total. The first-order chi connectivity index (χ1) is 11.0. The van der Waals surface area contributed by atoms with E-state index in [2.05, 4.69) is 15.6 Å². The number of halogens is 1. The highest BCUT2D eigenvalue weighted by atomic mass is 35.5. The van der Waals surface area contributed by atoms with Gasteiger partial charge in [-0.15, -0.1) is 11.8 Å². The number of nitrogens with one attached hydrogen (secondary N) is 2. The number of pyridine rings is 1. The Bertz CT molecular complexity index is 692. The van der Waals surface area contributed by atoms with Crippen molar-refractivity contribution < 1.29 is 9.59 Å². The van der Waals surface area contributed by atoms with E-state index in [1.165, 1.54) is 18.0 Å². The van der Waals surface area contributed by atoms with E-state index in [-0.39, 0.29) is 23.3 Å². The fourth-order valence-electron chi connectivity index (χ4n) is 1.79. The lowest BCUT2D eigenvalue weighted by molar-refractivity contribution is -0.114. The minimum atomic E-state index is -0.215. The lowest BCUT2D eigenvalue weighted by Crippen LogP contribution is -2.18. The summed E-state index contributed by atoms with van der Waals surface area (Å²) in [4.78, 5) is 27.5. The highest BCUT2D eigenvalue weighted by Gasteiger charge is 2.07. The summed E-state index contributed by atoms with van der Waals surface area (Å²) in [7, 11) is 0. The van der Waals surface area contributed by atoms with Crippen LogP contribution in [0, 0.1) is 6.92 Å². The maximum Gasteiger partial charge on any atom is 0.235 e. The van der Waals surface area contributed by atoms with Gasteiger partial charge in [0.2, 0.25) is 11.8 Å². The number of thioether (sulfide) groups is 1. The smallest absolute Gasteiger partial charge is 0.235 e. The van der Waals surface area contributed by atoms with Gasteiger partial charge in [-0.25, -0.2) is 4.98 Å². The van der Waals surface area contributed by atoms with Crippen LogP contribution in [0.1, 0.15) is 5.56 Å². The molecule has 0 aliphatic heterocycles. The van der Waals surface area contributed by atoms with Crippen LogP contribution < -0.4 is 10.6 Å². The van der Waals surface area contributed by atoms with Crippen LogP contribution >= 0.6 is 23.4 Å². The Kier molecular flexibility index (Phi) is 6.43. The van der Waals surface area contributed by atoms with Gasteiger partial charge >= 0.3 is 0 Å². The van der Waals surface area contributed by atoms with Crippen molar-refractivity contribution in [2.45, 2.75) is 6.92 Å². The van der Waals surface area contributed by atoms with Crippen LogP contribution in [-0.2, 0) is 9.59 Å². The number of amides is 2. The molecule has 0 saturated heterocycles. The topological polar surface area (TPSA) is 71.1 Å². The molecular formula is C16H16ClN3O2S. The van der Waals surface area contributed by atoms with Crippen molar-refractivity contribution >= 4 is 46.7 Å². The predicted octanol–water partition coefficient (Wildman–Crippen LogP) is 3.35. The molecule has 2 amide bonds. The van der Waals surface area contributed by atoms with E-state index in [4.69, 9.17) is 11.6 Å². The monoisotopic (exact) mass is 349 g/mol. The molecule has 0 atom stereocenters. The number of anilines is 2. The number of rotatable bonds is 6. The van der Waals surface area contributed by atoms with Crippen molar-refractivity contribution in [2.24, 2.45) is 0 Å². The molecule has 23 heavy (non-hydrogen) atoms. The van der Waals surface area contributed by atoms with Crippen LogP contribution in [0.2, 0.25) is 5.02 Å². The van der Waals surface area contributed by atoms with E-state index in [0.29, 0.717) is 10.8 Å². The fraction of sp³-hybridized carbons (Fsp3) is 0.188. The lowest BCUT2D eigenvalue weighted by Gasteiger charge is -2.06. The number of hydrogen-bond acceptors (Lipinski definition) is 4. The van der Waals surface area contributed by atoms with Crippen LogP contribution in [0.25, 0.3) is 0 Å². The summed E-state index contributed by atoms with van der Waals surface area (Å²) in [6.45, 7) is 1.96. The normalized spacial score (nSPS) is 10.2. The van der Waals surface area contributed by atoms with Crippen LogP contribution in [0.15, 0.2) is 42.6 Å². The van der Waals surface area contributed by atoms with E-state index in [9.17, 15) is 9.59 Å². The standard InChI is InChI=1S/C16H16ClN3O2S/c1-11-3-2-4-13(7-11)19-15(21)9-23-10-16(22)20-14-6-5-12(17)8-18-14/h2-8H,9-10H2,1H3,(H,19,21)(H,18,20,22). The van der Waals surface area contributed by atoms with Gasteiger partial charge in [0.15, 0.2) is 0 Å². The largest absolute Gasteiger partial charge is 0.325 e. The van der Waals surface area contributed by atoms with Crippen molar-refractivity contribution in [3.05, 3.63) is 53.2 Å². The van der Waals surface area contributed by atoms with Crippen molar-refractivity contribution in [1.82, 2.24) is 4.98 Å². The van der Waals surface area contributed by atoms with E-state index in [1.807, 2.05) is 31.2 Å². The maximum absolute atomic E-state index is 11.8. The molecule has 2 aromatic rings. The van der Waals surface area contributed by atoms with E-state index in [0.717, 1.165) is 11.3 Å². The molecule has 0 fully saturated rings. The fourth-order valence-corrected chi connectivity index (χ4v) is 2.51. The van der Waals surface area contributed by atoms with E-state index in [1.54, 1.807) is 12.1 Å². The van der Waals surface area contributed by atoms with Crippen LogP contribution in [0.3, 0.4) is 0 Å². The molecule has 7 heteroatoms. The van der Waals surface area contributed by atoms with Crippen LogP contribution in [0.5, 0.6) is 0 Å². The maximum atomic E-state index is 11.8. The van der Waals surface area contributed by atoms with Gasteiger partial charge in [0.05, 0.1) is 16.5 Å². The second kappa shape index (κ2) is 8.55. The molecule has 0 saturated carbocycles. The molecular weight excluding hydrogens is 334 g/mol. The van der Waals surface area contributed by atoms with Crippen LogP contribution in [0.4, 0.5) is 11.5 Å². The molecule has 0 aliphatic rings. The van der Waals surface area contributed by atoms with E-state index < -0.39 is 0 Å². The second-order valence-electron chi connectivity index (χ2n) is 4.82. The molecule has 2 rings (SSSR count). The molecule has 0 unspecified atom stereocenters. The first-order valence-electron chi connectivity index (χ1n) is 6.88. The number of aromatic nitrogens is 1. The Morgan fingerprint density at radius 1 is 1.13 bits per heavy atom. The van der Waals surface area contributed by atoms with Gasteiger partial charge in [-0.2, -0.15) is 0 Å². The minimum absolute atomic E-state index is 0.141. The van der Waals surface area contributed by atoms with Gasteiger partial charge in [0.25, 0.3) is 0 Å². The Hall–Kier alpha value is -2.05. The summed E-state index contributed by atoms with van der Waals surface area (Å²) in [6.07, 6.45) is 1.46. The van der Waals surface area contributed by atoms with Gasteiger partial charge in [0.1, 0.15) is 5.82 Å². The van der Waals surface area contributed by atoms with Crippen molar-refractivity contribution in [1.29, 1.82) is 0 Å². The highest BCUT2D eigenvalue weighted by molar-refractivity contribution is 8.00.